The number of carbonyl (C=O) groups is 1. The molecule has 0 spiro atoms. The number of ether oxygens (including phenoxy) is 1. The number of fused-ring (bicyclic) bond motifs is 1. The average molecular weight is 464 g/mol. The summed E-state index contributed by atoms with van der Waals surface area (Å²) in [5.41, 5.74) is 2.82. The molecule has 1 saturated heterocycles. The van der Waals surface area contributed by atoms with Gasteiger partial charge in [0.15, 0.2) is 5.13 Å². The smallest absolute Gasteiger partial charge is 0.260 e. The quantitative estimate of drug-likeness (QED) is 0.494. The zero-order valence-corrected chi connectivity index (χ0v) is 19.6. The molecular weight excluding hydrogens is 438 g/mol. The van der Waals surface area contributed by atoms with Gasteiger partial charge in [-0.1, -0.05) is 35.1 Å². The van der Waals surface area contributed by atoms with Crippen LogP contribution in [0, 0.1) is 6.92 Å². The third-order valence-electron chi connectivity index (χ3n) is 5.11. The number of halogens is 1. The van der Waals surface area contributed by atoms with Crippen LogP contribution in [0.25, 0.3) is 10.2 Å². The van der Waals surface area contributed by atoms with Crippen molar-refractivity contribution in [3.8, 4) is 0 Å². The van der Waals surface area contributed by atoms with E-state index in [0.29, 0.717) is 12.1 Å². The van der Waals surface area contributed by atoms with E-state index in [1.54, 1.807) is 23.1 Å². The first-order valence-corrected chi connectivity index (χ1v) is 11.8. The first-order valence-electron chi connectivity index (χ1n) is 9.78. The fourth-order valence-corrected chi connectivity index (χ4v) is 5.04. The fourth-order valence-electron chi connectivity index (χ4n) is 3.39. The Morgan fingerprint density at radius 1 is 1.20 bits per heavy atom. The standard InChI is InChI=1S/C22H25N3O2S2.ClH/c1-16-6-8-17(9-7-16)21(26)25(11-10-24-12-14-27-15-13-24)22-23-20-18(28-2)4-3-5-19(20)29-22;/h3-9H,10-15H2,1-2H3;1H. The fraction of sp³-hybridized carbons (Fsp3) is 0.364. The molecular formula is C22H26ClN3O2S2. The van der Waals surface area contributed by atoms with Crippen LogP contribution in [-0.2, 0) is 4.74 Å². The summed E-state index contributed by atoms with van der Waals surface area (Å²) in [5, 5.41) is 0.764. The van der Waals surface area contributed by atoms with E-state index in [2.05, 4.69) is 29.4 Å². The van der Waals surface area contributed by atoms with Gasteiger partial charge in [0, 0.05) is 36.6 Å². The van der Waals surface area contributed by atoms with E-state index in [1.807, 2.05) is 36.1 Å². The number of rotatable bonds is 6. The summed E-state index contributed by atoms with van der Waals surface area (Å²) in [5.74, 6) is 0.00279. The van der Waals surface area contributed by atoms with Crippen molar-refractivity contribution >= 4 is 56.8 Å². The van der Waals surface area contributed by atoms with Crippen molar-refractivity contribution < 1.29 is 9.53 Å². The SMILES string of the molecule is CSc1cccc2sc(N(CCN3CCOCC3)C(=O)c3ccc(C)cc3)nc12.Cl. The van der Waals surface area contributed by atoms with Gasteiger partial charge in [-0.2, -0.15) is 0 Å². The summed E-state index contributed by atoms with van der Waals surface area (Å²) >= 11 is 3.27. The Hall–Kier alpha value is -1.64. The first-order chi connectivity index (χ1) is 14.2. The number of aryl methyl sites for hydroxylation is 1. The van der Waals surface area contributed by atoms with Gasteiger partial charge in [-0.3, -0.25) is 14.6 Å². The lowest BCUT2D eigenvalue weighted by Crippen LogP contribution is -2.43. The lowest BCUT2D eigenvalue weighted by molar-refractivity contribution is 0.0391. The van der Waals surface area contributed by atoms with E-state index >= 15 is 0 Å². The van der Waals surface area contributed by atoms with Crippen molar-refractivity contribution in [3.63, 3.8) is 0 Å². The van der Waals surface area contributed by atoms with Crippen molar-refractivity contribution in [1.29, 1.82) is 0 Å². The molecule has 2 heterocycles. The van der Waals surface area contributed by atoms with Crippen LogP contribution in [0.1, 0.15) is 15.9 Å². The summed E-state index contributed by atoms with van der Waals surface area (Å²) in [6.45, 7) is 6.77. The molecule has 30 heavy (non-hydrogen) atoms. The number of anilines is 1. The number of benzene rings is 2. The second-order valence-corrected chi connectivity index (χ2v) is 8.94. The Kier molecular flexibility index (Phi) is 8.13. The van der Waals surface area contributed by atoms with E-state index < -0.39 is 0 Å². The topological polar surface area (TPSA) is 45.7 Å². The van der Waals surface area contributed by atoms with Gasteiger partial charge in [0.05, 0.1) is 23.4 Å². The predicted molar refractivity (Wildman–Crippen MR) is 129 cm³/mol. The van der Waals surface area contributed by atoms with Crippen molar-refractivity contribution in [2.24, 2.45) is 0 Å². The Labute approximate surface area is 191 Å². The molecule has 0 aliphatic carbocycles. The number of nitrogens with zero attached hydrogens (tertiary/aromatic N) is 3. The number of para-hydroxylation sites is 1. The molecule has 1 aliphatic heterocycles. The minimum absolute atomic E-state index is 0. The van der Waals surface area contributed by atoms with Crippen LogP contribution in [0.15, 0.2) is 47.4 Å². The number of hydrogen-bond donors (Lipinski definition) is 0. The molecule has 2 aromatic carbocycles. The number of morpholine rings is 1. The Morgan fingerprint density at radius 2 is 1.93 bits per heavy atom. The van der Waals surface area contributed by atoms with Crippen LogP contribution in [0.3, 0.4) is 0 Å². The van der Waals surface area contributed by atoms with E-state index in [-0.39, 0.29) is 18.3 Å². The normalized spacial score (nSPS) is 14.5. The van der Waals surface area contributed by atoms with Gasteiger partial charge in [-0.15, -0.1) is 24.2 Å². The van der Waals surface area contributed by atoms with Gasteiger partial charge in [-0.25, -0.2) is 4.98 Å². The Balaban J connectivity index is 0.00000256. The number of carbonyl (C=O) groups excluding carboxylic acids is 1. The largest absolute Gasteiger partial charge is 0.379 e. The number of hydrogen-bond acceptors (Lipinski definition) is 6. The molecule has 4 rings (SSSR count). The van der Waals surface area contributed by atoms with Gasteiger partial charge in [0.2, 0.25) is 0 Å². The molecule has 0 saturated carbocycles. The molecule has 1 aliphatic rings. The monoisotopic (exact) mass is 463 g/mol. The maximum absolute atomic E-state index is 13.4. The van der Waals surface area contributed by atoms with Crippen molar-refractivity contribution in [1.82, 2.24) is 9.88 Å². The number of aromatic nitrogens is 1. The van der Waals surface area contributed by atoms with Crippen LogP contribution in [0.2, 0.25) is 0 Å². The summed E-state index contributed by atoms with van der Waals surface area (Å²) in [7, 11) is 0. The van der Waals surface area contributed by atoms with Crippen LogP contribution < -0.4 is 4.90 Å². The van der Waals surface area contributed by atoms with Gasteiger partial charge in [0.25, 0.3) is 5.91 Å². The van der Waals surface area contributed by atoms with E-state index in [0.717, 1.165) is 58.7 Å². The summed E-state index contributed by atoms with van der Waals surface area (Å²) in [6, 6.07) is 14.0. The van der Waals surface area contributed by atoms with Gasteiger partial charge in [0.1, 0.15) is 0 Å². The van der Waals surface area contributed by atoms with E-state index in [9.17, 15) is 4.79 Å². The molecule has 5 nitrogen and oxygen atoms in total. The maximum atomic E-state index is 13.4. The lowest BCUT2D eigenvalue weighted by Gasteiger charge is -2.29. The average Bonchev–Trinajstić information content (AvgIpc) is 3.19. The van der Waals surface area contributed by atoms with Gasteiger partial charge in [-0.05, 0) is 37.4 Å². The third kappa shape index (κ3) is 5.15. The van der Waals surface area contributed by atoms with Crippen molar-refractivity contribution in [2.75, 3.05) is 50.5 Å². The molecule has 8 heteroatoms. The van der Waals surface area contributed by atoms with Gasteiger partial charge >= 0.3 is 0 Å². The molecule has 1 fully saturated rings. The molecule has 0 bridgehead atoms. The highest BCUT2D eigenvalue weighted by Gasteiger charge is 2.23. The number of thioether (sulfide) groups is 1. The van der Waals surface area contributed by atoms with Crippen molar-refractivity contribution in [3.05, 3.63) is 53.6 Å². The third-order valence-corrected chi connectivity index (χ3v) is 6.92. The zero-order valence-electron chi connectivity index (χ0n) is 17.2. The molecule has 1 amide bonds. The highest BCUT2D eigenvalue weighted by molar-refractivity contribution is 7.98. The second-order valence-electron chi connectivity index (χ2n) is 7.08. The molecule has 160 valence electrons. The molecule has 3 aromatic rings. The maximum Gasteiger partial charge on any atom is 0.260 e. The first kappa shape index (κ1) is 23.0. The molecule has 0 radical (unpaired) electrons. The summed E-state index contributed by atoms with van der Waals surface area (Å²) in [6.07, 6.45) is 2.06. The van der Waals surface area contributed by atoms with Crippen LogP contribution in [0.5, 0.6) is 0 Å². The highest BCUT2D eigenvalue weighted by atomic mass is 35.5. The minimum Gasteiger partial charge on any atom is -0.379 e. The van der Waals surface area contributed by atoms with Crippen LogP contribution in [-0.4, -0.2) is 61.4 Å². The van der Waals surface area contributed by atoms with Crippen LogP contribution >= 0.6 is 35.5 Å². The lowest BCUT2D eigenvalue weighted by atomic mass is 10.1. The predicted octanol–water partition coefficient (Wildman–Crippen LogP) is 4.73. The van der Waals surface area contributed by atoms with E-state index in [4.69, 9.17) is 9.72 Å². The number of thiazole rings is 1. The van der Waals surface area contributed by atoms with Gasteiger partial charge < -0.3 is 4.74 Å². The minimum atomic E-state index is 0. The van der Waals surface area contributed by atoms with E-state index in [1.165, 1.54) is 0 Å². The Morgan fingerprint density at radius 3 is 2.63 bits per heavy atom. The molecule has 0 atom stereocenters. The highest BCUT2D eigenvalue weighted by Crippen LogP contribution is 2.34. The van der Waals surface area contributed by atoms with Crippen molar-refractivity contribution in [2.45, 2.75) is 11.8 Å². The molecule has 0 unspecified atom stereocenters. The summed E-state index contributed by atoms with van der Waals surface area (Å²) < 4.78 is 6.56. The molecule has 0 N–H and O–H groups in total. The Bertz CT molecular complexity index is 988. The molecule has 1 aromatic heterocycles. The number of amides is 1. The van der Waals surface area contributed by atoms with Crippen LogP contribution in [0.4, 0.5) is 5.13 Å². The summed E-state index contributed by atoms with van der Waals surface area (Å²) in [4.78, 5) is 23.6. The second kappa shape index (κ2) is 10.6. The zero-order chi connectivity index (χ0) is 20.2.